The van der Waals surface area contributed by atoms with Crippen molar-refractivity contribution in [2.24, 2.45) is 5.92 Å². The lowest BCUT2D eigenvalue weighted by molar-refractivity contribution is -0.150. The van der Waals surface area contributed by atoms with Gasteiger partial charge in [-0.2, -0.15) is 0 Å². The fourth-order valence-corrected chi connectivity index (χ4v) is 1.12. The fraction of sp³-hybridized carbons (Fsp3) is 0.667. The van der Waals surface area contributed by atoms with Crippen molar-refractivity contribution in [2.75, 3.05) is 6.61 Å². The highest BCUT2D eigenvalue weighted by atomic mass is 16.5. The molecule has 86 valence electrons. The van der Waals surface area contributed by atoms with Crippen molar-refractivity contribution >= 4 is 11.8 Å². The fourth-order valence-electron chi connectivity index (χ4n) is 1.12. The first-order valence-electron chi connectivity index (χ1n) is 5.31. The van der Waals surface area contributed by atoms with Crippen LogP contribution in [-0.2, 0) is 14.3 Å². The molecule has 3 nitrogen and oxygen atoms in total. The van der Waals surface area contributed by atoms with Crippen LogP contribution in [0.15, 0.2) is 11.6 Å². The van der Waals surface area contributed by atoms with Gasteiger partial charge in [0.25, 0.3) is 0 Å². The maximum Gasteiger partial charge on any atom is 0.316 e. The molecule has 1 unspecified atom stereocenters. The summed E-state index contributed by atoms with van der Waals surface area (Å²) in [7, 11) is 0. The Morgan fingerprint density at radius 2 is 1.93 bits per heavy atom. The molecule has 0 aromatic carbocycles. The number of esters is 1. The quantitative estimate of drug-likeness (QED) is 0.386. The predicted molar refractivity (Wildman–Crippen MR) is 59.5 cm³/mol. The number of ketones is 1. The molecular weight excluding hydrogens is 192 g/mol. The van der Waals surface area contributed by atoms with Crippen LogP contribution in [-0.4, -0.2) is 18.4 Å². The lowest BCUT2D eigenvalue weighted by atomic mass is 10.0. The molecule has 3 heteroatoms. The summed E-state index contributed by atoms with van der Waals surface area (Å²) >= 11 is 0. The van der Waals surface area contributed by atoms with Gasteiger partial charge in [-0.3, -0.25) is 9.59 Å². The molecule has 0 heterocycles. The van der Waals surface area contributed by atoms with Crippen LogP contribution in [0.5, 0.6) is 0 Å². The van der Waals surface area contributed by atoms with E-state index >= 15 is 0 Å². The van der Waals surface area contributed by atoms with Crippen LogP contribution in [0.2, 0.25) is 0 Å². The van der Waals surface area contributed by atoms with Gasteiger partial charge in [0, 0.05) is 6.42 Å². The Balaban J connectivity index is 3.99. The van der Waals surface area contributed by atoms with E-state index in [9.17, 15) is 9.59 Å². The monoisotopic (exact) mass is 212 g/mol. The number of carbonyl (C=O) groups excluding carboxylic acids is 2. The zero-order valence-electron chi connectivity index (χ0n) is 10.0. The number of Topliss-reactive ketones (excluding diaryl/α,β-unsaturated/α-hetero) is 1. The molecule has 0 saturated heterocycles. The van der Waals surface area contributed by atoms with E-state index in [0.29, 0.717) is 19.4 Å². The normalized spacial score (nSPS) is 11.7. The minimum atomic E-state index is -0.629. The maximum absolute atomic E-state index is 11.5. The second-order valence-corrected chi connectivity index (χ2v) is 3.76. The van der Waals surface area contributed by atoms with Crippen LogP contribution < -0.4 is 0 Å². The van der Waals surface area contributed by atoms with E-state index in [-0.39, 0.29) is 5.78 Å². The van der Waals surface area contributed by atoms with Crippen LogP contribution in [0.25, 0.3) is 0 Å². The van der Waals surface area contributed by atoms with Gasteiger partial charge >= 0.3 is 5.97 Å². The number of carbonyl (C=O) groups is 2. The minimum Gasteiger partial charge on any atom is -0.465 e. The Kier molecular flexibility index (Phi) is 6.67. The van der Waals surface area contributed by atoms with Crippen molar-refractivity contribution in [3.05, 3.63) is 11.6 Å². The lowest BCUT2D eigenvalue weighted by Gasteiger charge is -2.08. The Morgan fingerprint density at radius 1 is 1.33 bits per heavy atom. The average Bonchev–Trinajstić information content (AvgIpc) is 2.16. The average molecular weight is 212 g/mol. The van der Waals surface area contributed by atoms with E-state index in [2.05, 4.69) is 0 Å². The summed E-state index contributed by atoms with van der Waals surface area (Å²) in [5.74, 6) is -1.10. The Morgan fingerprint density at radius 3 is 2.40 bits per heavy atom. The molecule has 1 atom stereocenters. The number of ether oxygens (including phenoxy) is 1. The third-order valence-electron chi connectivity index (χ3n) is 2.07. The van der Waals surface area contributed by atoms with Gasteiger partial charge in [0.2, 0.25) is 0 Å². The summed E-state index contributed by atoms with van der Waals surface area (Å²) in [5, 5.41) is 0. The molecular formula is C12H20O3. The van der Waals surface area contributed by atoms with Crippen molar-refractivity contribution < 1.29 is 14.3 Å². The molecule has 0 radical (unpaired) electrons. The lowest BCUT2D eigenvalue weighted by Crippen LogP contribution is -2.23. The molecule has 0 aliphatic rings. The van der Waals surface area contributed by atoms with Gasteiger partial charge in [-0.15, -0.1) is 0 Å². The first-order chi connectivity index (χ1) is 6.99. The van der Waals surface area contributed by atoms with Crippen LogP contribution in [0.4, 0.5) is 0 Å². The number of hydrogen-bond donors (Lipinski definition) is 0. The Bertz CT molecular complexity index is 250. The summed E-state index contributed by atoms with van der Waals surface area (Å²) in [6.07, 6.45) is 3.10. The number of allylic oxidation sites excluding steroid dienone is 2. The van der Waals surface area contributed by atoms with E-state index in [4.69, 9.17) is 4.74 Å². The Hall–Kier alpha value is -1.12. The summed E-state index contributed by atoms with van der Waals surface area (Å²) in [6.45, 7) is 7.63. The predicted octanol–water partition coefficient (Wildman–Crippen LogP) is 2.50. The van der Waals surface area contributed by atoms with Crippen LogP contribution in [0, 0.1) is 5.92 Å². The molecule has 0 amide bonds. The molecule has 0 N–H and O–H groups in total. The van der Waals surface area contributed by atoms with Crippen LogP contribution >= 0.6 is 0 Å². The molecule has 0 fully saturated rings. The smallest absolute Gasteiger partial charge is 0.316 e. The molecule has 0 aromatic heterocycles. The first-order valence-corrected chi connectivity index (χ1v) is 5.31. The van der Waals surface area contributed by atoms with E-state index in [1.165, 1.54) is 5.57 Å². The number of hydrogen-bond acceptors (Lipinski definition) is 3. The standard InChI is InChI=1S/C12H20O3/c1-5-15-12(14)10(4)11(13)8-6-7-9(2)3/h7,10H,5-6,8H2,1-4H3. The Labute approximate surface area is 91.5 Å². The van der Waals surface area contributed by atoms with Gasteiger partial charge in [0.05, 0.1) is 6.61 Å². The van der Waals surface area contributed by atoms with Crippen molar-refractivity contribution in [1.29, 1.82) is 0 Å². The number of rotatable bonds is 6. The molecule has 0 aliphatic heterocycles. The van der Waals surface area contributed by atoms with Crippen molar-refractivity contribution in [2.45, 2.75) is 40.5 Å². The zero-order valence-corrected chi connectivity index (χ0v) is 10.0. The molecule has 0 aromatic rings. The second kappa shape index (κ2) is 7.21. The topological polar surface area (TPSA) is 43.4 Å². The van der Waals surface area contributed by atoms with Gasteiger partial charge in [-0.25, -0.2) is 0 Å². The third kappa shape index (κ3) is 6.05. The van der Waals surface area contributed by atoms with E-state index in [0.717, 1.165) is 0 Å². The molecule has 0 saturated carbocycles. The molecule has 0 rings (SSSR count). The van der Waals surface area contributed by atoms with E-state index in [1.807, 2.05) is 19.9 Å². The van der Waals surface area contributed by atoms with Gasteiger partial charge in [0.1, 0.15) is 11.7 Å². The van der Waals surface area contributed by atoms with Gasteiger partial charge in [0.15, 0.2) is 0 Å². The molecule has 0 bridgehead atoms. The maximum atomic E-state index is 11.5. The second-order valence-electron chi connectivity index (χ2n) is 3.76. The van der Waals surface area contributed by atoms with Crippen LogP contribution in [0.1, 0.15) is 40.5 Å². The highest BCUT2D eigenvalue weighted by Gasteiger charge is 2.21. The summed E-state index contributed by atoms with van der Waals surface area (Å²) in [6, 6.07) is 0. The van der Waals surface area contributed by atoms with Crippen molar-refractivity contribution in [3.63, 3.8) is 0 Å². The highest BCUT2D eigenvalue weighted by molar-refractivity contribution is 5.98. The zero-order chi connectivity index (χ0) is 11.8. The first kappa shape index (κ1) is 13.9. The molecule has 15 heavy (non-hydrogen) atoms. The summed E-state index contributed by atoms with van der Waals surface area (Å²) in [4.78, 5) is 22.7. The van der Waals surface area contributed by atoms with Crippen LogP contribution in [0.3, 0.4) is 0 Å². The molecule has 0 aliphatic carbocycles. The van der Waals surface area contributed by atoms with E-state index in [1.54, 1.807) is 13.8 Å². The van der Waals surface area contributed by atoms with Crippen molar-refractivity contribution in [1.82, 2.24) is 0 Å². The summed E-state index contributed by atoms with van der Waals surface area (Å²) in [5.41, 5.74) is 1.19. The van der Waals surface area contributed by atoms with Gasteiger partial charge < -0.3 is 4.74 Å². The van der Waals surface area contributed by atoms with Crippen molar-refractivity contribution in [3.8, 4) is 0 Å². The molecule has 0 spiro atoms. The van der Waals surface area contributed by atoms with Gasteiger partial charge in [-0.1, -0.05) is 11.6 Å². The minimum absolute atomic E-state index is 0.0500. The van der Waals surface area contributed by atoms with E-state index < -0.39 is 11.9 Å². The SMILES string of the molecule is CCOC(=O)C(C)C(=O)CCC=C(C)C. The summed E-state index contributed by atoms with van der Waals surface area (Å²) < 4.78 is 4.78. The largest absolute Gasteiger partial charge is 0.465 e. The third-order valence-corrected chi connectivity index (χ3v) is 2.07. The van der Waals surface area contributed by atoms with Gasteiger partial charge in [-0.05, 0) is 34.1 Å². The highest BCUT2D eigenvalue weighted by Crippen LogP contribution is 2.07.